The van der Waals surface area contributed by atoms with Crippen LogP contribution in [0.2, 0.25) is 5.02 Å². The predicted molar refractivity (Wildman–Crippen MR) is 119 cm³/mol. The van der Waals surface area contributed by atoms with Gasteiger partial charge in [-0.1, -0.05) is 66.2 Å². The smallest absolute Gasteiger partial charge is 0.296 e. The van der Waals surface area contributed by atoms with Crippen LogP contribution in [0.3, 0.4) is 0 Å². The van der Waals surface area contributed by atoms with E-state index >= 15 is 0 Å². The van der Waals surface area contributed by atoms with Crippen LogP contribution in [-0.2, 0) is 4.74 Å². The van der Waals surface area contributed by atoms with Crippen molar-refractivity contribution in [1.29, 1.82) is 0 Å². The van der Waals surface area contributed by atoms with Crippen LogP contribution in [0.25, 0.3) is 33.5 Å². The maximum Gasteiger partial charge on any atom is 0.296 e. The monoisotopic (exact) mass is 419 g/mol. The number of H-pyrrole nitrogens is 1. The third-order valence-electron chi connectivity index (χ3n) is 5.41. The number of pyridine rings is 1. The number of aromatic amines is 1. The number of benzene rings is 2. The van der Waals surface area contributed by atoms with E-state index in [4.69, 9.17) is 21.1 Å². The van der Waals surface area contributed by atoms with Crippen LogP contribution in [-0.4, -0.2) is 33.8 Å². The van der Waals surface area contributed by atoms with Crippen LogP contribution in [0.4, 0.5) is 0 Å². The van der Waals surface area contributed by atoms with Crippen molar-refractivity contribution in [3.63, 3.8) is 0 Å². The third-order valence-corrected chi connectivity index (χ3v) is 5.70. The standard InChI is InChI=1S/C24H22ClN3O2/c1-15-7-12-19(14-29-15)30-24-26-21-13-20(25)22(27-23(21)28-24)18-10-8-17(9-11-18)16-5-3-2-4-6-16/h2-6,8-11,13,15,19H,7,12,14H2,1H3,(H,26,27,28). The van der Waals surface area contributed by atoms with Crippen molar-refractivity contribution in [3.05, 3.63) is 65.7 Å². The van der Waals surface area contributed by atoms with Crippen molar-refractivity contribution in [2.45, 2.75) is 32.0 Å². The van der Waals surface area contributed by atoms with Crippen LogP contribution in [0.1, 0.15) is 19.8 Å². The van der Waals surface area contributed by atoms with Gasteiger partial charge in [0.25, 0.3) is 6.01 Å². The molecule has 2 unspecified atom stereocenters. The van der Waals surface area contributed by atoms with E-state index in [0.717, 1.165) is 29.5 Å². The minimum Gasteiger partial charge on any atom is -0.459 e. The highest BCUT2D eigenvalue weighted by atomic mass is 35.5. The number of fused-ring (bicyclic) bond motifs is 1. The quantitative estimate of drug-likeness (QED) is 0.448. The second-order valence-corrected chi connectivity index (χ2v) is 8.04. The van der Waals surface area contributed by atoms with Gasteiger partial charge in [0, 0.05) is 5.56 Å². The Kier molecular flexibility index (Phi) is 5.15. The SMILES string of the molecule is CC1CCC(Oc2nc3nc(-c4ccc(-c5ccccc5)cc4)c(Cl)cc3[nH]2)CO1. The molecule has 1 aliphatic rings. The molecular weight excluding hydrogens is 398 g/mol. The lowest BCUT2D eigenvalue weighted by atomic mass is 10.0. The topological polar surface area (TPSA) is 60.0 Å². The number of ether oxygens (including phenoxy) is 2. The van der Waals surface area contributed by atoms with Crippen LogP contribution < -0.4 is 4.74 Å². The molecule has 6 heteroatoms. The molecule has 0 saturated carbocycles. The Morgan fingerprint density at radius 3 is 2.43 bits per heavy atom. The fourth-order valence-electron chi connectivity index (χ4n) is 3.71. The zero-order valence-corrected chi connectivity index (χ0v) is 17.4. The first-order valence-corrected chi connectivity index (χ1v) is 10.5. The molecule has 1 N–H and O–H groups in total. The minimum absolute atomic E-state index is 0.00207. The summed E-state index contributed by atoms with van der Waals surface area (Å²) in [5.74, 6) is 0. The van der Waals surface area contributed by atoms with Gasteiger partial charge in [-0.2, -0.15) is 4.98 Å². The first-order valence-electron chi connectivity index (χ1n) is 10.2. The van der Waals surface area contributed by atoms with E-state index in [2.05, 4.69) is 46.1 Å². The van der Waals surface area contributed by atoms with Crippen molar-refractivity contribution in [2.24, 2.45) is 0 Å². The van der Waals surface area contributed by atoms with Gasteiger partial charge in [-0.15, -0.1) is 0 Å². The summed E-state index contributed by atoms with van der Waals surface area (Å²) >= 11 is 6.54. The van der Waals surface area contributed by atoms with E-state index in [9.17, 15) is 0 Å². The second kappa shape index (κ2) is 8.09. The zero-order chi connectivity index (χ0) is 20.5. The minimum atomic E-state index is 0.00207. The van der Waals surface area contributed by atoms with E-state index < -0.39 is 0 Å². The van der Waals surface area contributed by atoms with Gasteiger partial charge >= 0.3 is 0 Å². The summed E-state index contributed by atoms with van der Waals surface area (Å²) in [6.07, 6.45) is 2.22. The first kappa shape index (κ1) is 19.1. The molecular formula is C24H22ClN3O2. The molecule has 0 aliphatic carbocycles. The molecule has 0 bridgehead atoms. The number of imidazole rings is 1. The van der Waals surface area contributed by atoms with Crippen molar-refractivity contribution in [2.75, 3.05) is 6.61 Å². The van der Waals surface area contributed by atoms with Crippen molar-refractivity contribution >= 4 is 22.8 Å². The lowest BCUT2D eigenvalue weighted by molar-refractivity contribution is -0.0397. The summed E-state index contributed by atoms with van der Waals surface area (Å²) in [6.45, 7) is 2.66. The van der Waals surface area contributed by atoms with Gasteiger partial charge in [0.2, 0.25) is 0 Å². The van der Waals surface area contributed by atoms with Gasteiger partial charge in [-0.3, -0.25) is 0 Å². The number of nitrogens with zero attached hydrogens (tertiary/aromatic N) is 2. The number of aromatic nitrogens is 3. The lowest BCUT2D eigenvalue weighted by Crippen LogP contribution is -2.32. The average molecular weight is 420 g/mol. The Morgan fingerprint density at radius 1 is 0.967 bits per heavy atom. The predicted octanol–water partition coefficient (Wildman–Crippen LogP) is 5.89. The Labute approximate surface area is 180 Å². The molecule has 1 fully saturated rings. The summed E-state index contributed by atoms with van der Waals surface area (Å²) in [6, 6.07) is 20.8. The molecule has 1 saturated heterocycles. The van der Waals surface area contributed by atoms with E-state index in [1.165, 1.54) is 5.56 Å². The van der Waals surface area contributed by atoms with Crippen LogP contribution in [0.15, 0.2) is 60.7 Å². The Hall–Kier alpha value is -2.89. The number of halogens is 1. The highest BCUT2D eigenvalue weighted by molar-refractivity contribution is 6.33. The van der Waals surface area contributed by atoms with E-state index in [1.54, 1.807) is 0 Å². The van der Waals surface area contributed by atoms with Gasteiger partial charge in [0.1, 0.15) is 6.10 Å². The molecule has 0 radical (unpaired) electrons. The van der Waals surface area contributed by atoms with Crippen molar-refractivity contribution in [3.8, 4) is 28.4 Å². The molecule has 0 amide bonds. The van der Waals surface area contributed by atoms with Gasteiger partial charge < -0.3 is 14.5 Å². The number of nitrogens with one attached hydrogen (secondary N) is 1. The molecule has 1 aliphatic heterocycles. The van der Waals surface area contributed by atoms with Crippen molar-refractivity contribution in [1.82, 2.24) is 15.0 Å². The summed E-state index contributed by atoms with van der Waals surface area (Å²) < 4.78 is 11.6. The van der Waals surface area contributed by atoms with Crippen LogP contribution in [0, 0.1) is 0 Å². The molecule has 2 aromatic carbocycles. The molecule has 2 atom stereocenters. The largest absolute Gasteiger partial charge is 0.459 e. The van der Waals surface area contributed by atoms with Gasteiger partial charge in [-0.05, 0) is 37.0 Å². The first-order chi connectivity index (χ1) is 14.7. The summed E-state index contributed by atoms with van der Waals surface area (Å²) in [7, 11) is 0. The maximum atomic E-state index is 6.54. The lowest BCUT2D eigenvalue weighted by Gasteiger charge is -2.26. The molecule has 4 aromatic rings. The summed E-state index contributed by atoms with van der Waals surface area (Å²) in [5.41, 5.74) is 5.31. The maximum absolute atomic E-state index is 6.54. The number of hydrogen-bond acceptors (Lipinski definition) is 4. The summed E-state index contributed by atoms with van der Waals surface area (Å²) in [4.78, 5) is 12.4. The van der Waals surface area contributed by atoms with E-state index in [0.29, 0.717) is 29.0 Å². The normalized spacial score (nSPS) is 19.1. The Morgan fingerprint density at radius 2 is 1.70 bits per heavy atom. The Bertz CT molecular complexity index is 1150. The Balaban J connectivity index is 1.40. The number of rotatable bonds is 4. The molecule has 30 heavy (non-hydrogen) atoms. The van der Waals surface area contributed by atoms with Crippen LogP contribution >= 0.6 is 11.6 Å². The fraction of sp³-hybridized carbons (Fsp3) is 0.250. The van der Waals surface area contributed by atoms with Crippen LogP contribution in [0.5, 0.6) is 6.01 Å². The third kappa shape index (κ3) is 3.91. The zero-order valence-electron chi connectivity index (χ0n) is 16.6. The molecule has 152 valence electrons. The number of hydrogen-bond donors (Lipinski definition) is 1. The van der Waals surface area contributed by atoms with Crippen molar-refractivity contribution < 1.29 is 9.47 Å². The fourth-order valence-corrected chi connectivity index (χ4v) is 3.98. The molecule has 5 nitrogen and oxygen atoms in total. The van der Waals surface area contributed by atoms with Gasteiger partial charge in [-0.25, -0.2) is 4.98 Å². The highest BCUT2D eigenvalue weighted by Gasteiger charge is 2.21. The van der Waals surface area contributed by atoms with E-state index in [1.807, 2.05) is 36.4 Å². The summed E-state index contributed by atoms with van der Waals surface area (Å²) in [5, 5.41) is 0.569. The molecule has 0 spiro atoms. The van der Waals surface area contributed by atoms with Gasteiger partial charge in [0.15, 0.2) is 5.65 Å². The second-order valence-electron chi connectivity index (χ2n) is 7.64. The molecule has 5 rings (SSSR count). The average Bonchev–Trinajstić information content (AvgIpc) is 3.16. The molecule has 2 aromatic heterocycles. The van der Waals surface area contributed by atoms with Gasteiger partial charge in [0.05, 0.1) is 28.9 Å². The molecule has 3 heterocycles. The highest BCUT2D eigenvalue weighted by Crippen LogP contribution is 2.31. The van der Waals surface area contributed by atoms with E-state index in [-0.39, 0.29) is 12.2 Å².